The molecule has 1 saturated heterocycles. The van der Waals surface area contributed by atoms with E-state index in [0.717, 1.165) is 25.9 Å². The maximum Gasteiger partial charge on any atom is 0.230 e. The minimum absolute atomic E-state index is 0.222. The summed E-state index contributed by atoms with van der Waals surface area (Å²) in [4.78, 5) is 14.6. The summed E-state index contributed by atoms with van der Waals surface area (Å²) in [6.45, 7) is 9.62. The number of carbonyl (C=O) groups excluding carboxylic acids is 1. The quantitative estimate of drug-likeness (QED) is 0.789. The van der Waals surface area contributed by atoms with Crippen LogP contribution in [0, 0.1) is 11.3 Å². The van der Waals surface area contributed by atoms with Gasteiger partial charge in [0, 0.05) is 32.8 Å². The highest BCUT2D eigenvalue weighted by Gasteiger charge is 2.41. The Kier molecular flexibility index (Phi) is 5.40. The second-order valence-corrected chi connectivity index (χ2v) is 5.33. The van der Waals surface area contributed by atoms with Crippen molar-refractivity contribution in [2.24, 2.45) is 17.1 Å². The number of amides is 1. The Morgan fingerprint density at radius 3 is 2.41 bits per heavy atom. The van der Waals surface area contributed by atoms with Crippen LogP contribution >= 0.6 is 0 Å². The zero-order valence-electron chi connectivity index (χ0n) is 11.4. The molecule has 0 aromatic rings. The van der Waals surface area contributed by atoms with Gasteiger partial charge in [-0.3, -0.25) is 4.79 Å². The van der Waals surface area contributed by atoms with Gasteiger partial charge in [0.2, 0.25) is 5.91 Å². The molecule has 4 heteroatoms. The Labute approximate surface area is 104 Å². The average molecular weight is 242 g/mol. The van der Waals surface area contributed by atoms with Crippen molar-refractivity contribution in [3.05, 3.63) is 0 Å². The van der Waals surface area contributed by atoms with E-state index in [1.165, 1.54) is 0 Å². The lowest BCUT2D eigenvalue weighted by Crippen LogP contribution is -2.51. The van der Waals surface area contributed by atoms with Crippen LogP contribution in [0.15, 0.2) is 0 Å². The lowest BCUT2D eigenvalue weighted by Gasteiger charge is -2.39. The second-order valence-electron chi connectivity index (χ2n) is 5.33. The van der Waals surface area contributed by atoms with Crippen LogP contribution in [0.2, 0.25) is 0 Å². The molecule has 1 fully saturated rings. The number of hydrogen-bond acceptors (Lipinski definition) is 3. The monoisotopic (exact) mass is 242 g/mol. The van der Waals surface area contributed by atoms with E-state index in [2.05, 4.69) is 13.8 Å². The smallest absolute Gasteiger partial charge is 0.230 e. The van der Waals surface area contributed by atoms with Gasteiger partial charge in [0.05, 0.1) is 5.41 Å². The van der Waals surface area contributed by atoms with Gasteiger partial charge in [-0.2, -0.15) is 0 Å². The minimum atomic E-state index is -0.372. The zero-order chi connectivity index (χ0) is 12.9. The van der Waals surface area contributed by atoms with E-state index in [1.54, 1.807) is 0 Å². The average Bonchev–Trinajstić information content (AvgIpc) is 2.35. The third kappa shape index (κ3) is 3.42. The molecule has 4 nitrogen and oxygen atoms in total. The number of hydrogen-bond donors (Lipinski definition) is 1. The summed E-state index contributed by atoms with van der Waals surface area (Å²) in [6, 6.07) is 0. The molecule has 17 heavy (non-hydrogen) atoms. The van der Waals surface area contributed by atoms with Crippen LogP contribution < -0.4 is 5.73 Å². The largest absolute Gasteiger partial charge is 0.381 e. The Morgan fingerprint density at radius 1 is 1.41 bits per heavy atom. The van der Waals surface area contributed by atoms with Gasteiger partial charge in [-0.1, -0.05) is 13.8 Å². The molecule has 0 aromatic carbocycles. The fourth-order valence-corrected chi connectivity index (χ4v) is 2.40. The molecule has 0 atom stereocenters. The van der Waals surface area contributed by atoms with Crippen molar-refractivity contribution in [2.45, 2.75) is 33.6 Å². The summed E-state index contributed by atoms with van der Waals surface area (Å²) in [5.41, 5.74) is 5.49. The van der Waals surface area contributed by atoms with Crippen molar-refractivity contribution in [3.8, 4) is 0 Å². The number of nitrogens with zero attached hydrogens (tertiary/aromatic N) is 1. The topological polar surface area (TPSA) is 55.6 Å². The van der Waals surface area contributed by atoms with Crippen LogP contribution in [-0.2, 0) is 9.53 Å². The molecule has 0 aromatic heterocycles. The highest BCUT2D eigenvalue weighted by Crippen LogP contribution is 2.31. The summed E-state index contributed by atoms with van der Waals surface area (Å²) < 4.78 is 5.34. The molecule has 0 saturated carbocycles. The first-order chi connectivity index (χ1) is 8.05. The van der Waals surface area contributed by atoms with E-state index in [-0.39, 0.29) is 11.3 Å². The van der Waals surface area contributed by atoms with Gasteiger partial charge in [0.1, 0.15) is 0 Å². The van der Waals surface area contributed by atoms with E-state index in [0.29, 0.717) is 25.7 Å². The highest BCUT2D eigenvalue weighted by atomic mass is 16.5. The number of rotatable bonds is 5. The van der Waals surface area contributed by atoms with E-state index >= 15 is 0 Å². The first-order valence-corrected chi connectivity index (χ1v) is 6.63. The molecule has 0 aliphatic carbocycles. The molecular weight excluding hydrogens is 216 g/mol. The SMILES string of the molecule is CCN(CC(C)C)C(=O)C1(CN)CCOCC1. The molecule has 1 amide bonds. The van der Waals surface area contributed by atoms with Crippen LogP contribution in [-0.4, -0.2) is 43.7 Å². The molecule has 0 radical (unpaired) electrons. The maximum atomic E-state index is 12.6. The summed E-state index contributed by atoms with van der Waals surface area (Å²) in [5, 5.41) is 0. The van der Waals surface area contributed by atoms with Gasteiger partial charge in [-0.25, -0.2) is 0 Å². The fraction of sp³-hybridized carbons (Fsp3) is 0.923. The molecular formula is C13H26N2O2. The molecule has 100 valence electrons. The predicted molar refractivity (Wildman–Crippen MR) is 68.6 cm³/mol. The summed E-state index contributed by atoms with van der Waals surface area (Å²) in [7, 11) is 0. The second kappa shape index (κ2) is 6.36. The van der Waals surface area contributed by atoms with Gasteiger partial charge < -0.3 is 15.4 Å². The number of ether oxygens (including phenoxy) is 1. The van der Waals surface area contributed by atoms with Gasteiger partial charge in [-0.05, 0) is 25.7 Å². The first kappa shape index (κ1) is 14.5. The molecule has 1 rings (SSSR count). The molecule has 1 heterocycles. The van der Waals surface area contributed by atoms with Crippen molar-refractivity contribution < 1.29 is 9.53 Å². The first-order valence-electron chi connectivity index (χ1n) is 6.63. The third-order valence-corrected chi connectivity index (χ3v) is 3.55. The zero-order valence-corrected chi connectivity index (χ0v) is 11.4. The molecule has 1 aliphatic rings. The lowest BCUT2D eigenvalue weighted by atomic mass is 9.78. The Morgan fingerprint density at radius 2 is 2.00 bits per heavy atom. The number of nitrogens with two attached hydrogens (primary N) is 1. The summed E-state index contributed by atoms with van der Waals surface area (Å²) >= 11 is 0. The summed E-state index contributed by atoms with van der Waals surface area (Å²) in [5.74, 6) is 0.716. The molecule has 1 aliphatic heterocycles. The van der Waals surface area contributed by atoms with Crippen LogP contribution in [0.4, 0.5) is 0 Å². The summed E-state index contributed by atoms with van der Waals surface area (Å²) in [6.07, 6.45) is 1.52. The molecule has 0 unspecified atom stereocenters. The third-order valence-electron chi connectivity index (χ3n) is 3.55. The van der Waals surface area contributed by atoms with E-state index < -0.39 is 0 Å². The van der Waals surface area contributed by atoms with Crippen LogP contribution in [0.1, 0.15) is 33.6 Å². The lowest BCUT2D eigenvalue weighted by molar-refractivity contribution is -0.147. The van der Waals surface area contributed by atoms with Gasteiger partial charge >= 0.3 is 0 Å². The van der Waals surface area contributed by atoms with Gasteiger partial charge in [0.25, 0.3) is 0 Å². The van der Waals surface area contributed by atoms with Crippen molar-refractivity contribution >= 4 is 5.91 Å². The van der Waals surface area contributed by atoms with Crippen LogP contribution in [0.3, 0.4) is 0 Å². The van der Waals surface area contributed by atoms with E-state index in [4.69, 9.17) is 10.5 Å². The van der Waals surface area contributed by atoms with Crippen molar-refractivity contribution in [1.82, 2.24) is 4.90 Å². The predicted octanol–water partition coefficient (Wildman–Crippen LogP) is 1.25. The van der Waals surface area contributed by atoms with Crippen molar-refractivity contribution in [3.63, 3.8) is 0 Å². The highest BCUT2D eigenvalue weighted by molar-refractivity contribution is 5.83. The molecule has 2 N–H and O–H groups in total. The molecule has 0 spiro atoms. The van der Waals surface area contributed by atoms with Crippen LogP contribution in [0.5, 0.6) is 0 Å². The fourth-order valence-electron chi connectivity index (χ4n) is 2.40. The normalized spacial score (nSPS) is 19.4. The van der Waals surface area contributed by atoms with Crippen molar-refractivity contribution in [1.29, 1.82) is 0 Å². The van der Waals surface area contributed by atoms with E-state index in [9.17, 15) is 4.79 Å². The Balaban J connectivity index is 2.75. The van der Waals surface area contributed by atoms with E-state index in [1.807, 2.05) is 11.8 Å². The molecule has 0 bridgehead atoms. The maximum absolute atomic E-state index is 12.6. The van der Waals surface area contributed by atoms with Gasteiger partial charge in [-0.15, -0.1) is 0 Å². The standard InChI is InChI=1S/C13H26N2O2/c1-4-15(9-11(2)3)12(16)13(10-14)5-7-17-8-6-13/h11H,4-10,14H2,1-3H3. The Hall–Kier alpha value is -0.610. The number of carbonyl (C=O) groups is 1. The van der Waals surface area contributed by atoms with Crippen LogP contribution in [0.25, 0.3) is 0 Å². The Bertz CT molecular complexity index is 248. The van der Waals surface area contributed by atoms with Crippen molar-refractivity contribution in [2.75, 3.05) is 32.8 Å². The minimum Gasteiger partial charge on any atom is -0.381 e. The van der Waals surface area contributed by atoms with Gasteiger partial charge in [0.15, 0.2) is 0 Å².